The van der Waals surface area contributed by atoms with Crippen LogP contribution in [-0.2, 0) is 4.74 Å². The van der Waals surface area contributed by atoms with E-state index in [1.165, 1.54) is 19.3 Å². The van der Waals surface area contributed by atoms with Gasteiger partial charge in [0.1, 0.15) is 0 Å². The molecule has 3 unspecified atom stereocenters. The SMILES string of the molecule is C/C=C\CCN1CCC(CNC(=O)OCCC)C1C(C)CCC. The number of carbonyl (C=O) groups is 1. The van der Waals surface area contributed by atoms with Gasteiger partial charge in [-0.1, -0.05) is 39.3 Å². The molecule has 23 heavy (non-hydrogen) atoms. The highest BCUT2D eigenvalue weighted by molar-refractivity contribution is 5.67. The summed E-state index contributed by atoms with van der Waals surface area (Å²) in [5.74, 6) is 1.21. The molecular weight excluding hydrogens is 288 g/mol. The molecule has 0 saturated carbocycles. The molecular formula is C19H36N2O2. The van der Waals surface area contributed by atoms with Gasteiger partial charge in [0.05, 0.1) is 6.61 Å². The lowest BCUT2D eigenvalue weighted by Crippen LogP contribution is -2.42. The molecule has 1 heterocycles. The lowest BCUT2D eigenvalue weighted by atomic mass is 9.87. The topological polar surface area (TPSA) is 41.6 Å². The maximum atomic E-state index is 11.7. The van der Waals surface area contributed by atoms with Crippen molar-refractivity contribution in [2.45, 2.75) is 65.8 Å². The Bertz CT molecular complexity index is 357. The van der Waals surface area contributed by atoms with E-state index in [4.69, 9.17) is 4.74 Å². The van der Waals surface area contributed by atoms with Gasteiger partial charge in [-0.25, -0.2) is 4.79 Å². The number of nitrogens with one attached hydrogen (secondary N) is 1. The third kappa shape index (κ3) is 6.94. The van der Waals surface area contributed by atoms with Gasteiger partial charge in [0.15, 0.2) is 0 Å². The normalized spacial score (nSPS) is 23.3. The number of nitrogens with zero attached hydrogens (tertiary/aromatic N) is 1. The Labute approximate surface area is 142 Å². The maximum Gasteiger partial charge on any atom is 0.407 e. The van der Waals surface area contributed by atoms with Gasteiger partial charge in [-0.3, -0.25) is 4.90 Å². The first kappa shape index (κ1) is 20.0. The van der Waals surface area contributed by atoms with E-state index >= 15 is 0 Å². The average molecular weight is 325 g/mol. The molecule has 1 aliphatic heterocycles. The zero-order valence-corrected chi connectivity index (χ0v) is 15.5. The van der Waals surface area contributed by atoms with Crippen LogP contribution in [0.4, 0.5) is 4.79 Å². The van der Waals surface area contributed by atoms with E-state index in [1.54, 1.807) is 0 Å². The van der Waals surface area contributed by atoms with Gasteiger partial charge in [-0.2, -0.15) is 0 Å². The molecule has 0 aliphatic carbocycles. The van der Waals surface area contributed by atoms with Crippen LogP contribution < -0.4 is 5.32 Å². The van der Waals surface area contributed by atoms with Gasteiger partial charge in [0.2, 0.25) is 0 Å². The van der Waals surface area contributed by atoms with Crippen LogP contribution in [0.3, 0.4) is 0 Å². The summed E-state index contributed by atoms with van der Waals surface area (Å²) in [5.41, 5.74) is 0. The summed E-state index contributed by atoms with van der Waals surface area (Å²) in [6, 6.07) is 0.576. The number of allylic oxidation sites excluding steroid dienone is 1. The first-order chi connectivity index (χ1) is 11.1. The average Bonchev–Trinajstić information content (AvgIpc) is 2.94. The van der Waals surface area contributed by atoms with E-state index in [1.807, 2.05) is 6.92 Å². The lowest BCUT2D eigenvalue weighted by molar-refractivity contribution is 0.136. The molecule has 1 fully saturated rings. The van der Waals surface area contributed by atoms with Crippen molar-refractivity contribution in [1.29, 1.82) is 0 Å². The summed E-state index contributed by atoms with van der Waals surface area (Å²) < 4.78 is 5.13. The molecule has 3 atom stereocenters. The predicted molar refractivity (Wildman–Crippen MR) is 96.6 cm³/mol. The molecule has 0 aromatic carbocycles. The molecule has 134 valence electrons. The summed E-state index contributed by atoms with van der Waals surface area (Å²) in [6.07, 6.45) is 9.74. The zero-order valence-electron chi connectivity index (χ0n) is 15.5. The molecule has 0 aromatic rings. The van der Waals surface area contributed by atoms with Gasteiger partial charge in [0, 0.05) is 19.1 Å². The van der Waals surface area contributed by atoms with Crippen molar-refractivity contribution in [2.24, 2.45) is 11.8 Å². The van der Waals surface area contributed by atoms with Crippen molar-refractivity contribution in [1.82, 2.24) is 10.2 Å². The second kappa shape index (κ2) is 11.5. The van der Waals surface area contributed by atoms with Crippen molar-refractivity contribution in [2.75, 3.05) is 26.2 Å². The Morgan fingerprint density at radius 2 is 2.17 bits per heavy atom. The van der Waals surface area contributed by atoms with Crippen molar-refractivity contribution in [3.8, 4) is 0 Å². The number of hydrogen-bond donors (Lipinski definition) is 1. The molecule has 0 bridgehead atoms. The Morgan fingerprint density at radius 3 is 2.83 bits per heavy atom. The fourth-order valence-corrected chi connectivity index (χ4v) is 3.75. The third-order valence-corrected chi connectivity index (χ3v) is 4.78. The third-order valence-electron chi connectivity index (χ3n) is 4.78. The summed E-state index contributed by atoms with van der Waals surface area (Å²) >= 11 is 0. The molecule has 1 amide bonds. The predicted octanol–water partition coefficient (Wildman–Crippen LogP) is 4.22. The van der Waals surface area contributed by atoms with Crippen molar-refractivity contribution >= 4 is 6.09 Å². The van der Waals surface area contributed by atoms with Crippen LogP contribution in [0.1, 0.15) is 59.8 Å². The second-order valence-electron chi connectivity index (χ2n) is 6.72. The minimum atomic E-state index is -0.263. The van der Waals surface area contributed by atoms with E-state index in [-0.39, 0.29) is 6.09 Å². The van der Waals surface area contributed by atoms with Gasteiger partial charge in [-0.05, 0) is 51.0 Å². The van der Waals surface area contributed by atoms with Crippen LogP contribution in [0.2, 0.25) is 0 Å². The standard InChI is InChI=1S/C19H36N2O2/c1-5-8-9-12-21-13-11-17(18(21)16(4)10-6-2)15-20-19(22)23-14-7-3/h5,8,16-18H,6-7,9-15H2,1-4H3,(H,20,22)/b8-5-. The minimum absolute atomic E-state index is 0.263. The quantitative estimate of drug-likeness (QED) is 0.612. The molecule has 4 heteroatoms. The maximum absolute atomic E-state index is 11.7. The fourth-order valence-electron chi connectivity index (χ4n) is 3.75. The van der Waals surface area contributed by atoms with E-state index in [2.05, 4.69) is 43.1 Å². The van der Waals surface area contributed by atoms with Crippen molar-refractivity contribution in [3.05, 3.63) is 12.2 Å². The highest BCUT2D eigenvalue weighted by Gasteiger charge is 2.36. The lowest BCUT2D eigenvalue weighted by Gasteiger charge is -2.33. The number of alkyl carbamates (subject to hydrolysis) is 1. The largest absolute Gasteiger partial charge is 0.450 e. The molecule has 0 aromatic heterocycles. The van der Waals surface area contributed by atoms with Crippen LogP contribution in [0.5, 0.6) is 0 Å². The van der Waals surface area contributed by atoms with Crippen LogP contribution in [0, 0.1) is 11.8 Å². The molecule has 0 spiro atoms. The summed E-state index contributed by atoms with van der Waals surface area (Å²) in [6.45, 7) is 12.2. The Balaban J connectivity index is 2.56. The number of ether oxygens (including phenoxy) is 1. The molecule has 1 aliphatic rings. The molecule has 1 N–H and O–H groups in total. The number of carbonyl (C=O) groups excluding carboxylic acids is 1. The van der Waals surface area contributed by atoms with Crippen molar-refractivity contribution < 1.29 is 9.53 Å². The van der Waals surface area contributed by atoms with Gasteiger partial charge in [0.25, 0.3) is 0 Å². The summed E-state index contributed by atoms with van der Waals surface area (Å²) in [5, 5.41) is 2.97. The van der Waals surface area contributed by atoms with Crippen LogP contribution in [0.25, 0.3) is 0 Å². The van der Waals surface area contributed by atoms with Crippen LogP contribution >= 0.6 is 0 Å². The smallest absolute Gasteiger partial charge is 0.407 e. The van der Waals surface area contributed by atoms with E-state index in [0.29, 0.717) is 24.5 Å². The monoisotopic (exact) mass is 324 g/mol. The highest BCUT2D eigenvalue weighted by Crippen LogP contribution is 2.31. The number of rotatable bonds is 10. The first-order valence-corrected chi connectivity index (χ1v) is 9.39. The van der Waals surface area contributed by atoms with Crippen LogP contribution in [-0.4, -0.2) is 43.3 Å². The van der Waals surface area contributed by atoms with Gasteiger partial charge in [-0.15, -0.1) is 0 Å². The minimum Gasteiger partial charge on any atom is -0.450 e. The van der Waals surface area contributed by atoms with Gasteiger partial charge >= 0.3 is 6.09 Å². The zero-order chi connectivity index (χ0) is 17.1. The van der Waals surface area contributed by atoms with Crippen LogP contribution in [0.15, 0.2) is 12.2 Å². The number of likely N-dealkylation sites (tertiary alicyclic amines) is 1. The molecule has 1 saturated heterocycles. The fraction of sp³-hybridized carbons (Fsp3) is 0.842. The Kier molecular flexibility index (Phi) is 10.0. The van der Waals surface area contributed by atoms with Crippen molar-refractivity contribution in [3.63, 3.8) is 0 Å². The van der Waals surface area contributed by atoms with E-state index in [9.17, 15) is 4.79 Å². The second-order valence-corrected chi connectivity index (χ2v) is 6.72. The summed E-state index contributed by atoms with van der Waals surface area (Å²) in [4.78, 5) is 14.3. The Morgan fingerprint density at radius 1 is 1.39 bits per heavy atom. The Hall–Kier alpha value is -1.03. The van der Waals surface area contributed by atoms with E-state index in [0.717, 1.165) is 32.5 Å². The molecule has 0 radical (unpaired) electrons. The van der Waals surface area contributed by atoms with E-state index < -0.39 is 0 Å². The first-order valence-electron chi connectivity index (χ1n) is 9.39. The number of amides is 1. The highest BCUT2D eigenvalue weighted by atomic mass is 16.5. The van der Waals surface area contributed by atoms with Gasteiger partial charge < -0.3 is 10.1 Å². The number of hydrogen-bond acceptors (Lipinski definition) is 3. The molecule has 4 nitrogen and oxygen atoms in total. The summed E-state index contributed by atoms with van der Waals surface area (Å²) in [7, 11) is 0. The molecule has 1 rings (SSSR count).